The maximum atomic E-state index is 5.66. The van der Waals surface area contributed by atoms with Crippen molar-refractivity contribution in [3.05, 3.63) is 11.6 Å². The second kappa shape index (κ2) is 5.85. The number of nitrogens with zero attached hydrogens (tertiary/aromatic N) is 2. The first-order valence-electron chi connectivity index (χ1n) is 10.2. The smallest absolute Gasteiger partial charge is 0.0600 e. The Morgan fingerprint density at radius 2 is 1.84 bits per heavy atom. The topological polar surface area (TPSA) is 76.8 Å². The molecule has 0 aromatic heterocycles. The summed E-state index contributed by atoms with van der Waals surface area (Å²) in [4.78, 5) is 0. The Labute approximate surface area is 152 Å². The van der Waals surface area contributed by atoms with Gasteiger partial charge >= 0.3 is 0 Å². The molecule has 0 amide bonds. The molecular weight excluding hydrogens is 308 g/mol. The van der Waals surface area contributed by atoms with Gasteiger partial charge in [-0.2, -0.15) is 10.2 Å². The van der Waals surface area contributed by atoms with Crippen molar-refractivity contribution in [2.45, 2.75) is 72.1 Å². The first-order chi connectivity index (χ1) is 11.9. The summed E-state index contributed by atoms with van der Waals surface area (Å²) >= 11 is 0. The van der Waals surface area contributed by atoms with E-state index in [-0.39, 0.29) is 0 Å². The number of hydrogen-bond donors (Lipinski definition) is 2. The fourth-order valence-electron chi connectivity index (χ4n) is 7.45. The average molecular weight is 343 g/mol. The molecule has 0 aliphatic heterocycles. The summed E-state index contributed by atoms with van der Waals surface area (Å²) in [5, 5.41) is 8.08. The van der Waals surface area contributed by atoms with Crippen molar-refractivity contribution in [1.29, 1.82) is 0 Å². The minimum Gasteiger partial charge on any atom is -0.323 e. The normalized spacial score (nSPS) is 48.5. The number of rotatable bonds is 1. The van der Waals surface area contributed by atoms with Crippen molar-refractivity contribution in [2.75, 3.05) is 0 Å². The molecule has 0 heterocycles. The molecule has 6 atom stereocenters. The number of nitrogens with two attached hydrogens (primary N) is 2. The summed E-state index contributed by atoms with van der Waals surface area (Å²) in [6.07, 6.45) is 12.5. The van der Waals surface area contributed by atoms with Gasteiger partial charge < -0.3 is 11.7 Å². The van der Waals surface area contributed by atoms with Crippen LogP contribution in [0.2, 0.25) is 0 Å². The highest BCUT2D eigenvalue weighted by molar-refractivity contribution is 5.96. The Hall–Kier alpha value is -1.32. The second-order valence-electron chi connectivity index (χ2n) is 9.57. The fourth-order valence-corrected chi connectivity index (χ4v) is 7.45. The number of hydrogen-bond acceptors (Lipinski definition) is 4. The first kappa shape index (κ1) is 17.1. The van der Waals surface area contributed by atoms with Crippen LogP contribution < -0.4 is 11.7 Å². The lowest BCUT2D eigenvalue weighted by atomic mass is 9.46. The van der Waals surface area contributed by atoms with Crippen molar-refractivity contribution in [3.63, 3.8) is 0 Å². The zero-order valence-corrected chi connectivity index (χ0v) is 16.1. The van der Waals surface area contributed by atoms with Crippen LogP contribution in [0, 0.1) is 34.5 Å². The van der Waals surface area contributed by atoms with Crippen molar-refractivity contribution in [3.8, 4) is 0 Å². The van der Waals surface area contributed by atoms with E-state index in [1.54, 1.807) is 5.57 Å². The summed E-state index contributed by atoms with van der Waals surface area (Å²) in [5.74, 6) is 14.4. The molecule has 138 valence electrons. The molecule has 4 heteroatoms. The highest BCUT2D eigenvalue weighted by Crippen LogP contribution is 2.66. The van der Waals surface area contributed by atoms with Gasteiger partial charge in [-0.1, -0.05) is 19.4 Å². The van der Waals surface area contributed by atoms with Gasteiger partial charge in [0.15, 0.2) is 0 Å². The Morgan fingerprint density at radius 3 is 2.56 bits per heavy atom. The van der Waals surface area contributed by atoms with Gasteiger partial charge in [-0.25, -0.2) is 0 Å². The molecule has 4 nitrogen and oxygen atoms in total. The lowest BCUT2D eigenvalue weighted by Gasteiger charge is -2.58. The molecule has 0 unspecified atom stereocenters. The van der Waals surface area contributed by atoms with E-state index in [1.165, 1.54) is 50.7 Å². The Kier molecular flexibility index (Phi) is 4.01. The molecule has 4 rings (SSSR count). The Balaban J connectivity index is 1.65. The van der Waals surface area contributed by atoms with Crippen molar-refractivity contribution in [1.82, 2.24) is 0 Å². The highest BCUT2D eigenvalue weighted by Gasteiger charge is 2.59. The summed E-state index contributed by atoms with van der Waals surface area (Å²) < 4.78 is 0. The fraction of sp³-hybridized carbons (Fsp3) is 0.810. The van der Waals surface area contributed by atoms with Crippen LogP contribution in [-0.4, -0.2) is 11.4 Å². The zero-order chi connectivity index (χ0) is 17.8. The SMILES string of the molecule is C/C(=N/N)[C@@H]1CC[C@@H]2[C@H]3CCC4=C/C(=N/N)CC[C@@]4(C)[C@@H]3CC[C@]21C. The Morgan fingerprint density at radius 1 is 1.04 bits per heavy atom. The zero-order valence-electron chi connectivity index (χ0n) is 16.1. The molecule has 4 aliphatic rings. The molecule has 0 aromatic carbocycles. The van der Waals surface area contributed by atoms with Crippen LogP contribution in [0.4, 0.5) is 0 Å². The first-order valence-corrected chi connectivity index (χ1v) is 10.2. The maximum absolute atomic E-state index is 5.66. The van der Waals surface area contributed by atoms with E-state index < -0.39 is 0 Å². The van der Waals surface area contributed by atoms with Crippen molar-refractivity contribution in [2.24, 2.45) is 56.4 Å². The van der Waals surface area contributed by atoms with Crippen LogP contribution in [0.3, 0.4) is 0 Å². The molecule has 0 saturated heterocycles. The summed E-state index contributed by atoms with van der Waals surface area (Å²) in [5.41, 5.74) is 4.68. The minimum absolute atomic E-state index is 0.369. The summed E-state index contributed by atoms with van der Waals surface area (Å²) in [6, 6.07) is 0. The quantitative estimate of drug-likeness (QED) is 0.425. The van der Waals surface area contributed by atoms with E-state index >= 15 is 0 Å². The highest BCUT2D eigenvalue weighted by atomic mass is 15.1. The standard InChI is InChI=1S/C21H34N4/c1-13(24-22)17-6-7-18-16-5-4-14-12-15(25-23)8-10-20(14,2)19(16)9-11-21(17,18)3/h12,16-19H,4-11,22-23H2,1-3H3/b24-13-,25-15+/t16-,17+,18-,19-,20-,21+/m1/s1. The summed E-state index contributed by atoms with van der Waals surface area (Å²) in [7, 11) is 0. The molecule has 3 saturated carbocycles. The van der Waals surface area contributed by atoms with E-state index in [9.17, 15) is 0 Å². The summed E-state index contributed by atoms with van der Waals surface area (Å²) in [6.45, 7) is 7.21. The van der Waals surface area contributed by atoms with Gasteiger partial charge in [-0.15, -0.1) is 0 Å². The number of hydrazone groups is 2. The maximum Gasteiger partial charge on any atom is 0.0600 e. The van der Waals surface area contributed by atoms with Crippen LogP contribution in [-0.2, 0) is 0 Å². The molecule has 0 radical (unpaired) electrons. The van der Waals surface area contributed by atoms with Gasteiger partial charge in [0, 0.05) is 11.6 Å². The van der Waals surface area contributed by atoms with Gasteiger partial charge in [-0.05, 0) is 93.0 Å². The monoisotopic (exact) mass is 342 g/mol. The molecular formula is C21H34N4. The molecule has 25 heavy (non-hydrogen) atoms. The van der Waals surface area contributed by atoms with E-state index in [0.29, 0.717) is 16.7 Å². The largest absolute Gasteiger partial charge is 0.323 e. The number of allylic oxidation sites excluding steroid dienone is 2. The lowest BCUT2D eigenvalue weighted by Crippen LogP contribution is -2.51. The molecule has 0 aromatic rings. The third-order valence-corrected chi connectivity index (χ3v) is 8.85. The molecule has 4 aliphatic carbocycles. The van der Waals surface area contributed by atoms with E-state index in [0.717, 1.165) is 29.9 Å². The average Bonchev–Trinajstić information content (AvgIpc) is 2.97. The molecule has 0 bridgehead atoms. The Bertz CT molecular complexity index is 648. The third kappa shape index (κ3) is 2.32. The molecule has 0 spiro atoms. The van der Waals surface area contributed by atoms with Gasteiger partial charge in [0.1, 0.15) is 0 Å². The van der Waals surface area contributed by atoms with Crippen LogP contribution in [0.1, 0.15) is 72.1 Å². The van der Waals surface area contributed by atoms with Crippen LogP contribution in [0.25, 0.3) is 0 Å². The van der Waals surface area contributed by atoms with Crippen LogP contribution in [0.15, 0.2) is 21.9 Å². The van der Waals surface area contributed by atoms with Crippen LogP contribution >= 0.6 is 0 Å². The predicted octanol–water partition coefficient (Wildman–Crippen LogP) is 4.21. The van der Waals surface area contributed by atoms with Crippen LogP contribution in [0.5, 0.6) is 0 Å². The van der Waals surface area contributed by atoms with E-state index in [2.05, 4.69) is 37.1 Å². The third-order valence-electron chi connectivity index (χ3n) is 8.85. The van der Waals surface area contributed by atoms with E-state index in [4.69, 9.17) is 11.7 Å². The van der Waals surface area contributed by atoms with Crippen molar-refractivity contribution >= 4 is 11.4 Å². The molecule has 3 fully saturated rings. The van der Waals surface area contributed by atoms with E-state index in [1.807, 2.05) is 0 Å². The predicted molar refractivity (Wildman–Crippen MR) is 104 cm³/mol. The second-order valence-corrected chi connectivity index (χ2v) is 9.57. The van der Waals surface area contributed by atoms with Crippen molar-refractivity contribution < 1.29 is 0 Å². The van der Waals surface area contributed by atoms with Gasteiger partial charge in [0.2, 0.25) is 0 Å². The van der Waals surface area contributed by atoms with Gasteiger partial charge in [0.25, 0.3) is 0 Å². The van der Waals surface area contributed by atoms with Gasteiger partial charge in [-0.3, -0.25) is 0 Å². The lowest BCUT2D eigenvalue weighted by molar-refractivity contribution is -0.0407. The minimum atomic E-state index is 0.369. The molecule has 4 N–H and O–H groups in total. The number of fused-ring (bicyclic) bond motifs is 5. The van der Waals surface area contributed by atoms with Gasteiger partial charge in [0.05, 0.1) is 5.71 Å².